The van der Waals surface area contributed by atoms with Crippen molar-refractivity contribution < 1.29 is 41.1 Å². The number of likely N-dealkylation sites (N-methyl/N-ethyl adjacent to an activating group) is 1. The van der Waals surface area contributed by atoms with Crippen LogP contribution in [0, 0.1) is 6.92 Å². The first-order chi connectivity index (χ1) is 15.3. The average molecular weight is 475 g/mol. The van der Waals surface area contributed by atoms with Crippen LogP contribution in [0.5, 0.6) is 5.75 Å². The first kappa shape index (κ1) is 24.4. The highest BCUT2D eigenvalue weighted by molar-refractivity contribution is 5.98. The zero-order valence-electron chi connectivity index (χ0n) is 18.0. The minimum atomic E-state index is -4.74. The van der Waals surface area contributed by atoms with Gasteiger partial charge >= 0.3 is 6.18 Å². The Kier molecular flexibility index (Phi) is 6.33. The van der Waals surface area contributed by atoms with Crippen molar-refractivity contribution in [1.29, 1.82) is 0 Å². The molecule has 0 spiro atoms. The van der Waals surface area contributed by atoms with E-state index >= 15 is 0 Å². The number of hydrogen-bond acceptors (Lipinski definition) is 8. The number of amides is 2. The summed E-state index contributed by atoms with van der Waals surface area (Å²) in [5.74, 6) is -2.24. The summed E-state index contributed by atoms with van der Waals surface area (Å²) in [5.41, 5.74) is -4.64. The maximum atomic E-state index is 14.9. The van der Waals surface area contributed by atoms with E-state index in [2.05, 4.69) is 25.8 Å². The van der Waals surface area contributed by atoms with Crippen molar-refractivity contribution in [2.24, 2.45) is 0 Å². The summed E-state index contributed by atoms with van der Waals surface area (Å²) in [6.07, 6.45) is -6.12. The van der Waals surface area contributed by atoms with Gasteiger partial charge in [0.25, 0.3) is 11.8 Å². The third-order valence-corrected chi connectivity index (χ3v) is 5.03. The van der Waals surface area contributed by atoms with Crippen molar-refractivity contribution in [3.05, 3.63) is 35.2 Å². The van der Waals surface area contributed by atoms with Crippen molar-refractivity contribution in [3.63, 3.8) is 0 Å². The second kappa shape index (κ2) is 8.57. The van der Waals surface area contributed by atoms with Gasteiger partial charge in [-0.1, -0.05) is 5.16 Å². The normalized spacial score (nSPS) is 17.9. The molecule has 1 aliphatic rings. The fourth-order valence-electron chi connectivity index (χ4n) is 2.95. The minimum Gasteiger partial charge on any atom is -0.481 e. The number of carbonyl (C=O) groups is 2. The van der Waals surface area contributed by atoms with Crippen LogP contribution in [0.15, 0.2) is 16.8 Å². The Morgan fingerprint density at radius 2 is 1.97 bits per heavy atom. The molecule has 3 heterocycles. The molecule has 2 N–H and O–H groups in total. The molecule has 3 rings (SSSR count). The van der Waals surface area contributed by atoms with Gasteiger partial charge in [-0.05, 0) is 13.8 Å². The number of aryl methyl sites for hydroxylation is 1. The number of carbonyl (C=O) groups excluding carboxylic acids is 2. The van der Waals surface area contributed by atoms with Gasteiger partial charge in [-0.25, -0.2) is 4.39 Å². The Balaban J connectivity index is 1.96. The zero-order valence-corrected chi connectivity index (χ0v) is 18.0. The second-order valence-electron chi connectivity index (χ2n) is 7.62. The van der Waals surface area contributed by atoms with Crippen LogP contribution in [-0.4, -0.2) is 59.5 Å². The molecule has 0 saturated carbocycles. The third-order valence-electron chi connectivity index (χ3n) is 5.03. The van der Waals surface area contributed by atoms with Crippen LogP contribution < -0.4 is 15.4 Å². The molecule has 2 aromatic heterocycles. The summed E-state index contributed by atoms with van der Waals surface area (Å²) < 4.78 is 68.7. The van der Waals surface area contributed by atoms with E-state index in [9.17, 15) is 27.2 Å². The number of halogens is 4. The third kappa shape index (κ3) is 4.74. The summed E-state index contributed by atoms with van der Waals surface area (Å²) in [5, 5.41) is 8.41. The second-order valence-corrected chi connectivity index (χ2v) is 7.62. The van der Waals surface area contributed by atoms with E-state index in [4.69, 9.17) is 14.0 Å². The highest BCUT2D eigenvalue weighted by Gasteiger charge is 2.46. The molecular weight excluding hydrogens is 454 g/mol. The summed E-state index contributed by atoms with van der Waals surface area (Å²) >= 11 is 0. The van der Waals surface area contributed by atoms with Crippen LogP contribution in [0.25, 0.3) is 0 Å². The zero-order chi connectivity index (χ0) is 24.6. The summed E-state index contributed by atoms with van der Waals surface area (Å²) in [4.78, 5) is 33.2. The molecule has 14 heteroatoms. The number of nitrogens with zero attached hydrogens (tertiary/aromatic N) is 3. The van der Waals surface area contributed by atoms with Gasteiger partial charge in [0, 0.05) is 26.2 Å². The first-order valence-electron chi connectivity index (χ1n) is 9.66. The monoisotopic (exact) mass is 475 g/mol. The molecular formula is C19H21F4N5O5. The van der Waals surface area contributed by atoms with Crippen molar-refractivity contribution in [3.8, 4) is 5.75 Å². The molecule has 0 aliphatic carbocycles. The number of nitrogens with one attached hydrogen (secondary N) is 2. The topological polar surface area (TPSA) is 128 Å². The highest BCUT2D eigenvalue weighted by Crippen LogP contribution is 2.40. The molecule has 2 aromatic rings. The molecule has 1 aliphatic heterocycles. The maximum Gasteiger partial charge on any atom is 0.425 e. The number of pyridine rings is 1. The number of ether oxygens (including phenoxy) is 2. The first-order valence-corrected chi connectivity index (χ1v) is 9.66. The predicted octanol–water partition coefficient (Wildman–Crippen LogP) is 1.69. The standard InChI is InChI=1S/C19H21F4N5O5/c1-9(19(21,22)23)32-13-5-12(25-6-11(13)18(20)7-31-8-18)14(29)27-17(3,16(30)24-4)15-26-10(2)33-28-15/h5-6,9H,7-8H2,1-4H3,(H,24,30)(H,27,29)/t9-,17?/m0/s1. The highest BCUT2D eigenvalue weighted by atomic mass is 19.4. The van der Waals surface area contributed by atoms with Crippen LogP contribution in [0.2, 0.25) is 0 Å². The lowest BCUT2D eigenvalue weighted by Crippen LogP contribution is -2.54. The summed E-state index contributed by atoms with van der Waals surface area (Å²) in [7, 11) is 1.32. The molecule has 2 atom stereocenters. The van der Waals surface area contributed by atoms with Crippen LogP contribution in [0.1, 0.15) is 41.6 Å². The maximum absolute atomic E-state index is 14.9. The Labute approximate surface area is 185 Å². The lowest BCUT2D eigenvalue weighted by atomic mass is 9.94. The fraction of sp³-hybridized carbons (Fsp3) is 0.526. The van der Waals surface area contributed by atoms with Gasteiger partial charge < -0.3 is 24.6 Å². The van der Waals surface area contributed by atoms with E-state index in [1.165, 1.54) is 20.9 Å². The van der Waals surface area contributed by atoms with E-state index in [0.717, 1.165) is 19.2 Å². The van der Waals surface area contributed by atoms with Gasteiger partial charge in [0.05, 0.1) is 18.8 Å². The van der Waals surface area contributed by atoms with E-state index < -0.39 is 60.0 Å². The van der Waals surface area contributed by atoms with Crippen molar-refractivity contribution in [1.82, 2.24) is 25.8 Å². The van der Waals surface area contributed by atoms with Crippen LogP contribution in [-0.2, 0) is 20.7 Å². The largest absolute Gasteiger partial charge is 0.481 e. The Morgan fingerprint density at radius 3 is 2.45 bits per heavy atom. The molecule has 180 valence electrons. The van der Waals surface area contributed by atoms with E-state index in [1.807, 2.05) is 0 Å². The predicted molar refractivity (Wildman–Crippen MR) is 102 cm³/mol. The molecule has 1 unspecified atom stereocenters. The Morgan fingerprint density at radius 1 is 1.30 bits per heavy atom. The smallest absolute Gasteiger partial charge is 0.425 e. The molecule has 0 radical (unpaired) electrons. The van der Waals surface area contributed by atoms with Crippen LogP contribution >= 0.6 is 0 Å². The lowest BCUT2D eigenvalue weighted by molar-refractivity contribution is -0.190. The fourth-order valence-corrected chi connectivity index (χ4v) is 2.95. The van der Waals surface area contributed by atoms with Crippen molar-refractivity contribution in [2.75, 3.05) is 20.3 Å². The molecule has 1 fully saturated rings. The van der Waals surface area contributed by atoms with Gasteiger partial charge in [-0.15, -0.1) is 0 Å². The van der Waals surface area contributed by atoms with E-state index in [0.29, 0.717) is 0 Å². The quantitative estimate of drug-likeness (QED) is 0.579. The average Bonchev–Trinajstić information content (AvgIpc) is 3.17. The Bertz CT molecular complexity index is 1060. The van der Waals surface area contributed by atoms with Crippen LogP contribution in [0.4, 0.5) is 17.6 Å². The van der Waals surface area contributed by atoms with Crippen LogP contribution in [0.3, 0.4) is 0 Å². The molecule has 2 amide bonds. The molecule has 1 saturated heterocycles. The van der Waals surface area contributed by atoms with E-state index in [-0.39, 0.29) is 17.3 Å². The van der Waals surface area contributed by atoms with Gasteiger partial charge in [-0.2, -0.15) is 18.2 Å². The SMILES string of the molecule is CNC(=O)C(C)(NC(=O)c1cc(O[C@@H](C)C(F)(F)F)c(C2(F)COC2)cn1)c1noc(C)n1. The van der Waals surface area contributed by atoms with Crippen molar-refractivity contribution in [2.45, 2.75) is 44.3 Å². The molecule has 10 nitrogen and oxygen atoms in total. The molecule has 33 heavy (non-hydrogen) atoms. The lowest BCUT2D eigenvalue weighted by Gasteiger charge is -2.35. The summed E-state index contributed by atoms with van der Waals surface area (Å²) in [6, 6.07) is 0.873. The van der Waals surface area contributed by atoms with Gasteiger partial charge in [-0.3, -0.25) is 14.6 Å². The minimum absolute atomic E-state index is 0.129. The summed E-state index contributed by atoms with van der Waals surface area (Å²) in [6.45, 7) is 2.72. The van der Waals surface area contributed by atoms with Gasteiger partial charge in [0.1, 0.15) is 11.4 Å². The Hall–Kier alpha value is -3.29. The number of alkyl halides is 4. The number of rotatable bonds is 7. The molecule has 0 bridgehead atoms. The number of hydrogen-bond donors (Lipinski definition) is 2. The van der Waals surface area contributed by atoms with E-state index in [1.54, 1.807) is 0 Å². The van der Waals surface area contributed by atoms with Gasteiger partial charge in [0.2, 0.25) is 11.7 Å². The number of aromatic nitrogens is 3. The van der Waals surface area contributed by atoms with Crippen molar-refractivity contribution >= 4 is 11.8 Å². The van der Waals surface area contributed by atoms with Gasteiger partial charge in [0.15, 0.2) is 17.3 Å². The molecule has 0 aromatic carbocycles.